The molecule has 2 atom stereocenters. The maximum atomic E-state index is 6.08. The van der Waals surface area contributed by atoms with E-state index in [1.807, 2.05) is 6.07 Å². The van der Waals surface area contributed by atoms with Crippen LogP contribution in [0.1, 0.15) is 44.2 Å². The molecule has 1 aliphatic rings. The van der Waals surface area contributed by atoms with Crippen molar-refractivity contribution in [3.8, 4) is 5.75 Å². The summed E-state index contributed by atoms with van der Waals surface area (Å²) in [5.74, 6) is 0.869. The summed E-state index contributed by atoms with van der Waals surface area (Å²) in [5, 5.41) is 0. The van der Waals surface area contributed by atoms with Gasteiger partial charge in [-0.15, -0.1) is 0 Å². The molecule has 0 saturated carbocycles. The minimum absolute atomic E-state index is 0.297. The molecule has 1 heterocycles. The zero-order valence-electron chi connectivity index (χ0n) is 12.4. The van der Waals surface area contributed by atoms with Gasteiger partial charge in [0, 0.05) is 18.6 Å². The van der Waals surface area contributed by atoms with Gasteiger partial charge in [-0.3, -0.25) is 4.90 Å². The summed E-state index contributed by atoms with van der Waals surface area (Å²) in [4.78, 5) is 2.57. The fourth-order valence-corrected chi connectivity index (χ4v) is 3.67. The quantitative estimate of drug-likeness (QED) is 0.907. The number of nitrogens with zero attached hydrogens (tertiary/aromatic N) is 1. The predicted octanol–water partition coefficient (Wildman–Crippen LogP) is 3.72. The molecule has 0 amide bonds. The van der Waals surface area contributed by atoms with Crippen molar-refractivity contribution >= 4 is 15.9 Å². The molecular formula is C16H25BrN2O. The van der Waals surface area contributed by atoms with Crippen LogP contribution in [0.25, 0.3) is 0 Å². The minimum Gasteiger partial charge on any atom is -0.496 e. The van der Waals surface area contributed by atoms with Crippen molar-refractivity contribution in [1.29, 1.82) is 0 Å². The van der Waals surface area contributed by atoms with Gasteiger partial charge in [0.15, 0.2) is 0 Å². The highest BCUT2D eigenvalue weighted by Crippen LogP contribution is 2.32. The maximum Gasteiger partial charge on any atom is 0.133 e. The number of hydrogen-bond donors (Lipinski definition) is 1. The Hall–Kier alpha value is -0.580. The first-order chi connectivity index (χ1) is 9.67. The van der Waals surface area contributed by atoms with E-state index in [0.717, 1.165) is 16.8 Å². The summed E-state index contributed by atoms with van der Waals surface area (Å²) in [7, 11) is 1.69. The summed E-state index contributed by atoms with van der Waals surface area (Å²) < 4.78 is 6.31. The van der Waals surface area contributed by atoms with Crippen LogP contribution in [0.5, 0.6) is 5.75 Å². The highest BCUT2D eigenvalue weighted by molar-refractivity contribution is 9.10. The minimum atomic E-state index is 0.297. The van der Waals surface area contributed by atoms with E-state index in [1.54, 1.807) is 7.11 Å². The first-order valence-corrected chi connectivity index (χ1v) is 8.26. The molecule has 2 N–H and O–H groups in total. The molecule has 1 aromatic rings. The molecule has 1 fully saturated rings. The Kier molecular flexibility index (Phi) is 5.87. The first kappa shape index (κ1) is 15.8. The molecule has 112 valence electrons. The van der Waals surface area contributed by atoms with E-state index in [9.17, 15) is 0 Å². The molecule has 0 spiro atoms. The van der Waals surface area contributed by atoms with E-state index < -0.39 is 0 Å². The molecule has 1 aliphatic heterocycles. The van der Waals surface area contributed by atoms with Crippen LogP contribution >= 0.6 is 15.9 Å². The predicted molar refractivity (Wildman–Crippen MR) is 87.1 cm³/mol. The summed E-state index contributed by atoms with van der Waals surface area (Å²) in [6.07, 6.45) is 5.22. The van der Waals surface area contributed by atoms with Crippen LogP contribution in [0, 0.1) is 0 Å². The van der Waals surface area contributed by atoms with Crippen molar-refractivity contribution in [2.75, 3.05) is 20.2 Å². The van der Waals surface area contributed by atoms with Gasteiger partial charge in [-0.25, -0.2) is 0 Å². The number of methoxy groups -OCH3 is 1. The van der Waals surface area contributed by atoms with E-state index in [-0.39, 0.29) is 0 Å². The molecule has 2 rings (SSSR count). The van der Waals surface area contributed by atoms with Crippen LogP contribution in [-0.4, -0.2) is 31.1 Å². The lowest BCUT2D eigenvalue weighted by Gasteiger charge is -2.35. The Morgan fingerprint density at radius 3 is 2.85 bits per heavy atom. The maximum absolute atomic E-state index is 6.08. The SMILES string of the molecule is COc1ccc(C(CN)N2CCCCCC2C)cc1Br. The molecule has 4 heteroatoms. The van der Waals surface area contributed by atoms with Crippen LogP contribution in [0.2, 0.25) is 0 Å². The number of likely N-dealkylation sites (tertiary alicyclic amines) is 1. The first-order valence-electron chi connectivity index (χ1n) is 7.46. The normalized spacial score (nSPS) is 22.3. The van der Waals surface area contributed by atoms with Crippen LogP contribution < -0.4 is 10.5 Å². The van der Waals surface area contributed by atoms with Gasteiger partial charge in [-0.05, 0) is 59.9 Å². The Morgan fingerprint density at radius 1 is 1.40 bits per heavy atom. The number of rotatable bonds is 4. The fraction of sp³-hybridized carbons (Fsp3) is 0.625. The molecule has 20 heavy (non-hydrogen) atoms. The molecule has 1 aromatic carbocycles. The third-order valence-corrected chi connectivity index (χ3v) is 4.91. The lowest BCUT2D eigenvalue weighted by molar-refractivity contribution is 0.150. The van der Waals surface area contributed by atoms with Crippen molar-refractivity contribution in [3.05, 3.63) is 28.2 Å². The lowest BCUT2D eigenvalue weighted by atomic mass is 10.0. The summed E-state index contributed by atoms with van der Waals surface area (Å²) in [6.45, 7) is 4.13. The van der Waals surface area contributed by atoms with Crippen molar-refractivity contribution in [3.63, 3.8) is 0 Å². The number of benzene rings is 1. The molecule has 3 nitrogen and oxygen atoms in total. The Morgan fingerprint density at radius 2 is 2.20 bits per heavy atom. The summed E-state index contributed by atoms with van der Waals surface area (Å²) in [6, 6.07) is 7.20. The standard InChI is InChI=1S/C16H25BrN2O/c1-12-6-4-3-5-9-19(12)15(11-18)13-7-8-16(20-2)14(17)10-13/h7-8,10,12,15H,3-6,9,11,18H2,1-2H3. The van der Waals surface area contributed by atoms with Gasteiger partial charge in [0.25, 0.3) is 0 Å². The molecule has 2 unspecified atom stereocenters. The number of nitrogens with two attached hydrogens (primary N) is 1. The van der Waals surface area contributed by atoms with E-state index in [0.29, 0.717) is 18.6 Å². The zero-order chi connectivity index (χ0) is 14.5. The largest absolute Gasteiger partial charge is 0.496 e. The van der Waals surface area contributed by atoms with Crippen LogP contribution in [0.4, 0.5) is 0 Å². The smallest absolute Gasteiger partial charge is 0.133 e. The van der Waals surface area contributed by atoms with Crippen molar-refractivity contribution in [2.24, 2.45) is 5.73 Å². The Labute approximate surface area is 130 Å². The summed E-state index contributed by atoms with van der Waals surface area (Å²) in [5.41, 5.74) is 7.35. The Bertz CT molecular complexity index is 438. The van der Waals surface area contributed by atoms with Crippen molar-refractivity contribution < 1.29 is 4.74 Å². The topological polar surface area (TPSA) is 38.5 Å². The third kappa shape index (κ3) is 3.54. The second-order valence-corrected chi connectivity index (χ2v) is 6.44. The lowest BCUT2D eigenvalue weighted by Crippen LogP contribution is -2.39. The third-order valence-electron chi connectivity index (χ3n) is 4.29. The molecule has 0 aromatic heterocycles. The van der Waals surface area contributed by atoms with Crippen LogP contribution in [-0.2, 0) is 0 Å². The van der Waals surface area contributed by atoms with Gasteiger partial charge < -0.3 is 10.5 Å². The van der Waals surface area contributed by atoms with E-state index >= 15 is 0 Å². The van der Waals surface area contributed by atoms with Crippen molar-refractivity contribution in [2.45, 2.75) is 44.7 Å². The van der Waals surface area contributed by atoms with Gasteiger partial charge in [-0.2, -0.15) is 0 Å². The highest BCUT2D eigenvalue weighted by Gasteiger charge is 2.25. The van der Waals surface area contributed by atoms with Crippen molar-refractivity contribution in [1.82, 2.24) is 4.90 Å². The molecule has 1 saturated heterocycles. The number of ether oxygens (including phenoxy) is 1. The van der Waals surface area contributed by atoms with Gasteiger partial charge in [-0.1, -0.05) is 18.9 Å². The number of halogens is 1. The second kappa shape index (κ2) is 7.43. The van der Waals surface area contributed by atoms with Gasteiger partial charge >= 0.3 is 0 Å². The average Bonchev–Trinajstić information content (AvgIpc) is 2.65. The van der Waals surface area contributed by atoms with E-state index in [4.69, 9.17) is 10.5 Å². The van der Waals surface area contributed by atoms with Crippen LogP contribution in [0.3, 0.4) is 0 Å². The Balaban J connectivity index is 2.24. The fourth-order valence-electron chi connectivity index (χ4n) is 3.11. The molecule has 0 aliphatic carbocycles. The molecule has 0 bridgehead atoms. The molecule has 0 radical (unpaired) electrons. The van der Waals surface area contributed by atoms with E-state index in [2.05, 4.69) is 39.9 Å². The van der Waals surface area contributed by atoms with E-state index in [1.165, 1.54) is 31.2 Å². The second-order valence-electron chi connectivity index (χ2n) is 5.58. The highest BCUT2D eigenvalue weighted by atomic mass is 79.9. The van der Waals surface area contributed by atoms with Gasteiger partial charge in [0.05, 0.1) is 11.6 Å². The summed E-state index contributed by atoms with van der Waals surface area (Å²) >= 11 is 3.58. The zero-order valence-corrected chi connectivity index (χ0v) is 14.0. The average molecular weight is 341 g/mol. The number of hydrogen-bond acceptors (Lipinski definition) is 3. The van der Waals surface area contributed by atoms with Gasteiger partial charge in [0.2, 0.25) is 0 Å². The monoisotopic (exact) mass is 340 g/mol. The molecular weight excluding hydrogens is 316 g/mol. The van der Waals surface area contributed by atoms with Crippen LogP contribution in [0.15, 0.2) is 22.7 Å². The van der Waals surface area contributed by atoms with Gasteiger partial charge in [0.1, 0.15) is 5.75 Å².